The summed E-state index contributed by atoms with van der Waals surface area (Å²) >= 11 is 0. The van der Waals surface area contributed by atoms with E-state index in [9.17, 15) is 4.79 Å². The van der Waals surface area contributed by atoms with Crippen LogP contribution in [0.5, 0.6) is 0 Å². The molecule has 1 heterocycles. The minimum absolute atomic E-state index is 0.138. The van der Waals surface area contributed by atoms with E-state index >= 15 is 0 Å². The fraction of sp³-hybridized carbons (Fsp3) is 0.261. The Morgan fingerprint density at radius 3 is 2.00 bits per heavy atom. The number of nitrogens with zero attached hydrogens (tertiary/aromatic N) is 4. The van der Waals surface area contributed by atoms with Gasteiger partial charge in [-0.2, -0.15) is 0 Å². The third-order valence-corrected chi connectivity index (χ3v) is 10.1. The van der Waals surface area contributed by atoms with Gasteiger partial charge in [-0.25, -0.2) is 4.98 Å². The van der Waals surface area contributed by atoms with Gasteiger partial charge in [-0.1, -0.05) is 72.8 Å². The van der Waals surface area contributed by atoms with Crippen LogP contribution in [0, 0.1) is 0 Å². The second kappa shape index (κ2) is 17.2. The number of nitrogens with two attached hydrogens (primary N) is 1. The molecule has 9 heteroatoms. The molecule has 282 valence electrons. The monoisotopic (exact) mass is 734 g/mol. The summed E-state index contributed by atoms with van der Waals surface area (Å²) in [4.78, 5) is 22.7. The van der Waals surface area contributed by atoms with Gasteiger partial charge in [0.05, 0.1) is 37.8 Å². The third-order valence-electron chi connectivity index (χ3n) is 10.1. The van der Waals surface area contributed by atoms with E-state index in [1.165, 1.54) is 22.3 Å². The van der Waals surface area contributed by atoms with E-state index in [4.69, 9.17) is 20.2 Å². The molecule has 0 unspecified atom stereocenters. The number of fused-ring (bicyclic) bond motifs is 3. The Balaban J connectivity index is 1.26. The lowest BCUT2D eigenvalue weighted by Crippen LogP contribution is -2.27. The van der Waals surface area contributed by atoms with Gasteiger partial charge >= 0.3 is 0 Å². The van der Waals surface area contributed by atoms with Crippen molar-refractivity contribution >= 4 is 17.3 Å². The molecule has 1 aromatic heterocycles. The van der Waals surface area contributed by atoms with Gasteiger partial charge in [-0.05, 0) is 76.7 Å². The van der Waals surface area contributed by atoms with Crippen molar-refractivity contribution in [2.45, 2.75) is 13.0 Å². The second-order valence-corrected chi connectivity index (χ2v) is 14.3. The van der Waals surface area contributed by atoms with Crippen molar-refractivity contribution in [3.05, 3.63) is 138 Å². The van der Waals surface area contributed by atoms with Crippen molar-refractivity contribution in [2.75, 3.05) is 77.5 Å². The highest BCUT2D eigenvalue weighted by molar-refractivity contribution is 5.94. The van der Waals surface area contributed by atoms with Gasteiger partial charge in [0.2, 0.25) is 0 Å². The molecule has 0 saturated heterocycles. The Hall–Kier alpha value is -5.74. The minimum Gasteiger partial charge on any atom is -0.378 e. The van der Waals surface area contributed by atoms with E-state index in [1.54, 1.807) is 0 Å². The van der Waals surface area contributed by atoms with Crippen molar-refractivity contribution in [2.24, 2.45) is 5.73 Å². The van der Waals surface area contributed by atoms with Gasteiger partial charge in [0.1, 0.15) is 5.82 Å². The highest BCUT2D eigenvalue weighted by Gasteiger charge is 2.24. The Morgan fingerprint density at radius 1 is 0.709 bits per heavy atom. The summed E-state index contributed by atoms with van der Waals surface area (Å²) in [6, 6.07) is 40.6. The van der Waals surface area contributed by atoms with E-state index in [0.717, 1.165) is 57.3 Å². The molecule has 0 spiro atoms. The standard InChI is InChI=1S/C46H50N6O3/c1-50(2)39-19-15-33(16-20-39)43-44(34-17-21-40(22-18-34)51(3)4)52(45(49-43)38-14-13-37-29-36-7-5-6-8-41(36)42(37)30-38)31-32-9-11-35(12-10-32)46(53)48-24-26-55-28-27-54-25-23-47/h5-22,30H,23-29,31,47H2,1-4H3,(H,48,53). The van der Waals surface area contributed by atoms with Crippen LogP contribution in [-0.4, -0.2) is 83.2 Å². The maximum Gasteiger partial charge on any atom is 0.251 e. The lowest BCUT2D eigenvalue weighted by Gasteiger charge is -2.17. The zero-order chi connectivity index (χ0) is 38.3. The van der Waals surface area contributed by atoms with E-state index < -0.39 is 0 Å². The predicted octanol–water partition coefficient (Wildman–Crippen LogP) is 7.36. The molecule has 0 fully saturated rings. The summed E-state index contributed by atoms with van der Waals surface area (Å²) in [5.74, 6) is 0.752. The molecule has 55 heavy (non-hydrogen) atoms. The fourth-order valence-electron chi connectivity index (χ4n) is 7.11. The number of amides is 1. The van der Waals surface area contributed by atoms with Gasteiger partial charge < -0.3 is 34.9 Å². The highest BCUT2D eigenvalue weighted by Crippen LogP contribution is 2.42. The van der Waals surface area contributed by atoms with Crippen LogP contribution in [0.15, 0.2) is 115 Å². The van der Waals surface area contributed by atoms with E-state index in [-0.39, 0.29) is 5.91 Å². The number of benzene rings is 5. The van der Waals surface area contributed by atoms with Crippen LogP contribution in [0.25, 0.3) is 45.0 Å². The molecule has 7 rings (SSSR count). The van der Waals surface area contributed by atoms with Crippen LogP contribution in [0.3, 0.4) is 0 Å². The number of hydrogen-bond donors (Lipinski definition) is 2. The fourth-order valence-corrected chi connectivity index (χ4v) is 7.11. The topological polar surface area (TPSA) is 97.9 Å². The summed E-state index contributed by atoms with van der Waals surface area (Å²) < 4.78 is 13.2. The van der Waals surface area contributed by atoms with Gasteiger partial charge in [-0.15, -0.1) is 0 Å². The number of imidazole rings is 1. The average Bonchev–Trinajstić information content (AvgIpc) is 3.77. The first-order valence-electron chi connectivity index (χ1n) is 18.9. The molecule has 0 saturated carbocycles. The molecule has 0 aliphatic heterocycles. The van der Waals surface area contributed by atoms with Gasteiger partial charge in [0.15, 0.2) is 0 Å². The Bertz CT molecular complexity index is 2220. The van der Waals surface area contributed by atoms with Crippen molar-refractivity contribution in [1.82, 2.24) is 14.9 Å². The first kappa shape index (κ1) is 37.6. The molecule has 3 N–H and O–H groups in total. The molecule has 1 aliphatic rings. The zero-order valence-corrected chi connectivity index (χ0v) is 32.2. The number of hydrogen-bond acceptors (Lipinski definition) is 7. The zero-order valence-electron chi connectivity index (χ0n) is 32.2. The van der Waals surface area contributed by atoms with Crippen LogP contribution < -0.4 is 20.9 Å². The van der Waals surface area contributed by atoms with Crippen LogP contribution in [-0.2, 0) is 22.4 Å². The average molecular weight is 735 g/mol. The third kappa shape index (κ3) is 8.49. The minimum atomic E-state index is -0.138. The molecule has 1 aliphatic carbocycles. The molecule has 9 nitrogen and oxygen atoms in total. The molecule has 1 amide bonds. The van der Waals surface area contributed by atoms with Crippen molar-refractivity contribution in [3.63, 3.8) is 0 Å². The quantitative estimate of drug-likeness (QED) is 0.100. The summed E-state index contributed by atoms with van der Waals surface area (Å²) in [6.45, 7) is 3.32. The molecule has 6 aromatic rings. The van der Waals surface area contributed by atoms with E-state index in [0.29, 0.717) is 51.6 Å². The summed E-state index contributed by atoms with van der Waals surface area (Å²) in [5, 5.41) is 2.96. The number of carbonyl (C=O) groups excluding carboxylic acids is 1. The smallest absolute Gasteiger partial charge is 0.251 e. The number of nitrogens with one attached hydrogen (secondary N) is 1. The van der Waals surface area contributed by atoms with Crippen LogP contribution in [0.4, 0.5) is 11.4 Å². The van der Waals surface area contributed by atoms with Crippen molar-refractivity contribution < 1.29 is 14.3 Å². The number of ether oxygens (including phenoxy) is 2. The van der Waals surface area contributed by atoms with Crippen LogP contribution in [0.1, 0.15) is 27.0 Å². The largest absolute Gasteiger partial charge is 0.378 e. The number of carbonyl (C=O) groups is 1. The molecule has 0 bridgehead atoms. The first-order chi connectivity index (χ1) is 26.8. The van der Waals surface area contributed by atoms with Gasteiger partial charge in [0, 0.05) is 81.5 Å². The number of aromatic nitrogens is 2. The molecule has 5 aromatic carbocycles. The maximum absolute atomic E-state index is 13.0. The Morgan fingerprint density at radius 2 is 1.33 bits per heavy atom. The normalized spacial score (nSPS) is 11.7. The number of anilines is 2. The molecular formula is C46H50N6O3. The van der Waals surface area contributed by atoms with Gasteiger partial charge in [0.25, 0.3) is 5.91 Å². The SMILES string of the molecule is CN(C)c1ccc(-c2nc(-c3ccc4c(c3)-c3ccccc3C4)n(Cc3ccc(C(=O)NCCOCCOCCN)cc3)c2-c2ccc(N(C)C)cc2)cc1. The van der Waals surface area contributed by atoms with Crippen LogP contribution in [0.2, 0.25) is 0 Å². The molecular weight excluding hydrogens is 685 g/mol. The highest BCUT2D eigenvalue weighted by atomic mass is 16.5. The van der Waals surface area contributed by atoms with Gasteiger partial charge in [-0.3, -0.25) is 4.79 Å². The molecule has 0 atom stereocenters. The summed E-state index contributed by atoms with van der Waals surface area (Å²) in [5.41, 5.74) is 19.7. The lowest BCUT2D eigenvalue weighted by atomic mass is 10.0. The maximum atomic E-state index is 13.0. The lowest BCUT2D eigenvalue weighted by molar-refractivity contribution is 0.0511. The second-order valence-electron chi connectivity index (χ2n) is 14.3. The Labute approximate surface area is 324 Å². The van der Waals surface area contributed by atoms with Crippen LogP contribution >= 0.6 is 0 Å². The van der Waals surface area contributed by atoms with Crippen molar-refractivity contribution in [1.29, 1.82) is 0 Å². The van der Waals surface area contributed by atoms with E-state index in [1.807, 2.05) is 24.3 Å². The van der Waals surface area contributed by atoms with Crippen molar-refractivity contribution in [3.8, 4) is 45.0 Å². The summed E-state index contributed by atoms with van der Waals surface area (Å²) in [7, 11) is 8.22. The Kier molecular flexibility index (Phi) is 11.7. The van der Waals surface area contributed by atoms with E-state index in [2.05, 4.69) is 139 Å². The first-order valence-corrected chi connectivity index (χ1v) is 18.9. The number of rotatable bonds is 16. The molecule has 0 radical (unpaired) electrons. The summed E-state index contributed by atoms with van der Waals surface area (Å²) in [6.07, 6.45) is 0.935. The predicted molar refractivity (Wildman–Crippen MR) is 224 cm³/mol.